The molecule has 0 radical (unpaired) electrons. The van der Waals surface area contributed by atoms with Gasteiger partial charge in [-0.05, 0) is 27.7 Å². The normalized spacial score (nSPS) is 13.9. The average molecular weight is 699 g/mol. The highest BCUT2D eigenvalue weighted by molar-refractivity contribution is 5.91. The number of rotatable bonds is 35. The fourth-order valence-electron chi connectivity index (χ4n) is 3.85. The Labute approximate surface area is 283 Å². The van der Waals surface area contributed by atoms with Crippen LogP contribution in [-0.4, -0.2) is 164 Å². The largest absolute Gasteiger partial charge is 0.462 e. The smallest absolute Gasteiger partial charge is 0.308 e. The van der Waals surface area contributed by atoms with E-state index in [4.69, 9.17) is 47.4 Å². The summed E-state index contributed by atoms with van der Waals surface area (Å²) < 4.78 is 52.7. The van der Waals surface area contributed by atoms with Gasteiger partial charge in [-0.3, -0.25) is 19.2 Å². The molecule has 0 saturated heterocycles. The summed E-state index contributed by atoms with van der Waals surface area (Å²) >= 11 is 0. The quantitative estimate of drug-likeness (QED) is 0.0682. The lowest BCUT2D eigenvalue weighted by atomic mass is 9.85. The van der Waals surface area contributed by atoms with Crippen LogP contribution in [0.1, 0.15) is 53.4 Å². The van der Waals surface area contributed by atoms with Crippen molar-refractivity contribution in [3.05, 3.63) is 0 Å². The van der Waals surface area contributed by atoms with Gasteiger partial charge in [0.2, 0.25) is 0 Å². The first-order valence-corrected chi connectivity index (χ1v) is 16.6. The number of ketones is 2. The monoisotopic (exact) mass is 698 g/mol. The Hall–Kier alpha value is -2.12. The Kier molecular flexibility index (Phi) is 29.5. The van der Waals surface area contributed by atoms with Gasteiger partial charge in [-0.2, -0.15) is 0 Å². The topological polar surface area (TPSA) is 201 Å². The molecule has 3 unspecified atom stereocenters. The number of esters is 2. The molecule has 0 fully saturated rings. The Balaban J connectivity index is 5.84. The Morgan fingerprint density at radius 2 is 0.896 bits per heavy atom. The zero-order chi connectivity index (χ0) is 35.9. The average Bonchev–Trinajstić information content (AvgIpc) is 3.08. The molecule has 0 rings (SSSR count). The predicted octanol–water partition coefficient (Wildman–Crippen LogP) is 0.444. The van der Waals surface area contributed by atoms with E-state index in [0.29, 0.717) is 46.2 Å². The van der Waals surface area contributed by atoms with Gasteiger partial charge in [0, 0.05) is 39.3 Å². The third kappa shape index (κ3) is 22.5. The van der Waals surface area contributed by atoms with Crippen LogP contribution in [0.4, 0.5) is 0 Å². The summed E-state index contributed by atoms with van der Waals surface area (Å²) in [6.07, 6.45) is -5.68. The van der Waals surface area contributed by atoms with Gasteiger partial charge in [-0.1, -0.05) is 0 Å². The van der Waals surface area contributed by atoms with Crippen molar-refractivity contribution < 1.29 is 76.8 Å². The number of Topliss-reactive ketones (excluding diaryl/α,β-unsaturated/α-hetero) is 2. The molecular formula is C32H58O16. The number of hydrogen-bond acceptors (Lipinski definition) is 16. The molecule has 0 aliphatic rings. The molecule has 2 N–H and O–H groups in total. The standard InChI is InChI=1S/C32H58O16/c1-5-39-17-21-43-13-9-26(33)30(37)31(48-29(36)12-16-46-24-20-42-8-4)32(38,27(34)10-14-44-22-18-40-6-2)25-47-28(35)11-15-45-23-19-41-7-3/h30-31,37-38H,5-25H2,1-4H3. The van der Waals surface area contributed by atoms with Crippen LogP contribution < -0.4 is 0 Å². The fraction of sp³-hybridized carbons (Fsp3) is 0.875. The first kappa shape index (κ1) is 45.9. The molecule has 3 atom stereocenters. The molecule has 0 spiro atoms. The molecule has 0 aromatic rings. The lowest BCUT2D eigenvalue weighted by Crippen LogP contribution is -2.61. The molecule has 0 amide bonds. The van der Waals surface area contributed by atoms with E-state index in [9.17, 15) is 29.4 Å². The second-order valence-electron chi connectivity index (χ2n) is 10.1. The van der Waals surface area contributed by atoms with Gasteiger partial charge in [0.05, 0.1) is 92.1 Å². The van der Waals surface area contributed by atoms with Crippen LogP contribution in [-0.2, 0) is 66.5 Å². The molecule has 282 valence electrons. The minimum Gasteiger partial charge on any atom is -0.462 e. The Morgan fingerprint density at radius 1 is 0.521 bits per heavy atom. The minimum absolute atomic E-state index is 0.0297. The van der Waals surface area contributed by atoms with Crippen LogP contribution in [0.25, 0.3) is 0 Å². The van der Waals surface area contributed by atoms with Crippen LogP contribution in [0.3, 0.4) is 0 Å². The van der Waals surface area contributed by atoms with E-state index in [1.54, 1.807) is 0 Å². The summed E-state index contributed by atoms with van der Waals surface area (Å²) in [5, 5.41) is 22.9. The maximum Gasteiger partial charge on any atom is 0.308 e. The molecule has 0 heterocycles. The van der Waals surface area contributed by atoms with E-state index in [2.05, 4.69) is 0 Å². The van der Waals surface area contributed by atoms with Crippen LogP contribution >= 0.6 is 0 Å². The zero-order valence-electron chi connectivity index (χ0n) is 29.1. The van der Waals surface area contributed by atoms with Gasteiger partial charge < -0.3 is 57.6 Å². The highest BCUT2D eigenvalue weighted by Crippen LogP contribution is 2.24. The molecule has 0 aliphatic carbocycles. The number of ether oxygens (including phenoxy) is 10. The van der Waals surface area contributed by atoms with Gasteiger partial charge in [-0.25, -0.2) is 0 Å². The Bertz CT molecular complexity index is 841. The van der Waals surface area contributed by atoms with Crippen molar-refractivity contribution in [2.45, 2.75) is 71.2 Å². The van der Waals surface area contributed by atoms with Crippen LogP contribution in [0.2, 0.25) is 0 Å². The number of aliphatic hydroxyl groups excluding tert-OH is 1. The number of carbonyl (C=O) groups is 4. The molecule has 0 aromatic heterocycles. The van der Waals surface area contributed by atoms with E-state index in [1.165, 1.54) is 0 Å². The zero-order valence-corrected chi connectivity index (χ0v) is 29.1. The van der Waals surface area contributed by atoms with Crippen LogP contribution in [0, 0.1) is 0 Å². The SMILES string of the molecule is CCOCCOCCC(=O)OCC(O)(C(=O)CCOCCOCC)C(OC(=O)CCOCCOCC)C(O)C(=O)CCOCCOCC. The summed E-state index contributed by atoms with van der Waals surface area (Å²) in [6.45, 7) is 9.78. The molecule has 48 heavy (non-hydrogen) atoms. The maximum atomic E-state index is 13.5. The van der Waals surface area contributed by atoms with E-state index in [0.717, 1.165) is 0 Å². The van der Waals surface area contributed by atoms with Gasteiger partial charge in [0.25, 0.3) is 0 Å². The maximum absolute atomic E-state index is 13.5. The minimum atomic E-state index is -2.83. The van der Waals surface area contributed by atoms with E-state index in [-0.39, 0.29) is 78.7 Å². The highest BCUT2D eigenvalue weighted by atomic mass is 16.6. The number of carbonyl (C=O) groups excluding carboxylic acids is 4. The highest BCUT2D eigenvalue weighted by Gasteiger charge is 2.52. The fourth-order valence-corrected chi connectivity index (χ4v) is 3.85. The van der Waals surface area contributed by atoms with Gasteiger partial charge in [0.1, 0.15) is 6.61 Å². The molecule has 0 bridgehead atoms. The third-order valence-electron chi connectivity index (χ3n) is 6.45. The second kappa shape index (κ2) is 30.9. The second-order valence-corrected chi connectivity index (χ2v) is 10.1. The third-order valence-corrected chi connectivity index (χ3v) is 6.45. The first-order valence-electron chi connectivity index (χ1n) is 16.6. The van der Waals surface area contributed by atoms with Crippen LogP contribution in [0.5, 0.6) is 0 Å². The first-order chi connectivity index (χ1) is 23.2. The van der Waals surface area contributed by atoms with Gasteiger partial charge in [-0.15, -0.1) is 0 Å². The van der Waals surface area contributed by atoms with E-state index in [1.807, 2.05) is 27.7 Å². The summed E-state index contributed by atoms with van der Waals surface area (Å²) in [5.41, 5.74) is -2.83. The van der Waals surface area contributed by atoms with Crippen molar-refractivity contribution in [3.63, 3.8) is 0 Å². The Morgan fingerprint density at radius 3 is 1.33 bits per heavy atom. The van der Waals surface area contributed by atoms with Crippen molar-refractivity contribution in [1.82, 2.24) is 0 Å². The van der Waals surface area contributed by atoms with Crippen molar-refractivity contribution in [2.24, 2.45) is 0 Å². The van der Waals surface area contributed by atoms with Gasteiger partial charge >= 0.3 is 11.9 Å². The molecule has 0 aromatic carbocycles. The summed E-state index contributed by atoms with van der Waals surface area (Å²) in [6, 6.07) is 0. The molecule has 16 heteroatoms. The van der Waals surface area contributed by atoms with Crippen molar-refractivity contribution in [3.8, 4) is 0 Å². The summed E-state index contributed by atoms with van der Waals surface area (Å²) in [4.78, 5) is 51.9. The molecular weight excluding hydrogens is 640 g/mol. The molecule has 0 saturated carbocycles. The van der Waals surface area contributed by atoms with Crippen molar-refractivity contribution in [1.29, 1.82) is 0 Å². The molecule has 16 nitrogen and oxygen atoms in total. The lowest BCUT2D eigenvalue weighted by molar-refractivity contribution is -0.197. The predicted molar refractivity (Wildman–Crippen MR) is 170 cm³/mol. The van der Waals surface area contributed by atoms with Crippen molar-refractivity contribution >= 4 is 23.5 Å². The number of aliphatic hydroxyl groups is 2. The molecule has 0 aliphatic heterocycles. The van der Waals surface area contributed by atoms with E-state index >= 15 is 0 Å². The van der Waals surface area contributed by atoms with Gasteiger partial charge in [0.15, 0.2) is 29.4 Å². The summed E-state index contributed by atoms with van der Waals surface area (Å²) in [5.74, 6) is -3.71. The lowest BCUT2D eigenvalue weighted by Gasteiger charge is -2.36. The van der Waals surface area contributed by atoms with E-state index < -0.39 is 54.3 Å². The summed E-state index contributed by atoms with van der Waals surface area (Å²) in [7, 11) is 0. The van der Waals surface area contributed by atoms with Crippen molar-refractivity contribution in [2.75, 3.05) is 112 Å². The number of hydrogen-bond donors (Lipinski definition) is 2. The van der Waals surface area contributed by atoms with Crippen LogP contribution in [0.15, 0.2) is 0 Å².